The standard InChI is InChI=1S/C9H17F2P.C7H14.C5H10.2C2H6/c1-4-5(2)9(12)6(3)8(11)7(4)10;1-4-5-6-7(2)3;1-3-5-4-2;2*1-2/h4-9H,12H2,1-3H3;6H,4-5H2,1-3H3;3H,1,4-5H2,2H3;2*1-2H3. The van der Waals surface area contributed by atoms with Gasteiger partial charge in [-0.2, -0.15) is 0 Å². The van der Waals surface area contributed by atoms with Crippen LogP contribution in [0.3, 0.4) is 0 Å². The van der Waals surface area contributed by atoms with E-state index in [1.165, 1.54) is 24.8 Å². The lowest BCUT2D eigenvalue weighted by Gasteiger charge is -2.41. The Labute approximate surface area is 180 Å². The van der Waals surface area contributed by atoms with Gasteiger partial charge < -0.3 is 0 Å². The van der Waals surface area contributed by atoms with Crippen LogP contribution in [0, 0.1) is 17.8 Å². The molecule has 3 heteroatoms. The molecule has 0 aromatic heterocycles. The Morgan fingerprint density at radius 2 is 1.21 bits per heavy atom. The van der Waals surface area contributed by atoms with Crippen molar-refractivity contribution in [2.24, 2.45) is 17.8 Å². The van der Waals surface area contributed by atoms with Crippen molar-refractivity contribution < 1.29 is 8.78 Å². The molecule has 0 aliphatic heterocycles. The molecule has 0 heterocycles. The number of alkyl halides is 2. The lowest BCUT2D eigenvalue weighted by Crippen LogP contribution is -2.46. The van der Waals surface area contributed by atoms with Crippen molar-refractivity contribution in [1.29, 1.82) is 0 Å². The van der Waals surface area contributed by atoms with Crippen molar-refractivity contribution in [2.45, 2.75) is 120 Å². The number of hydrogen-bond donors (Lipinski definition) is 0. The monoisotopic (exact) mass is 422 g/mol. The van der Waals surface area contributed by atoms with Crippen molar-refractivity contribution >= 4 is 9.24 Å². The molecule has 0 radical (unpaired) electrons. The predicted octanol–water partition coefficient (Wildman–Crippen LogP) is 9.61. The molecule has 7 unspecified atom stereocenters. The molecule has 7 atom stereocenters. The summed E-state index contributed by atoms with van der Waals surface area (Å²) in [5, 5.41) is 0. The van der Waals surface area contributed by atoms with E-state index < -0.39 is 12.3 Å². The van der Waals surface area contributed by atoms with Gasteiger partial charge in [-0.3, -0.25) is 0 Å². The summed E-state index contributed by atoms with van der Waals surface area (Å²) in [6, 6.07) is 0. The van der Waals surface area contributed by atoms with E-state index in [9.17, 15) is 8.78 Å². The number of rotatable bonds is 4. The molecule has 0 aromatic carbocycles. The first-order chi connectivity index (χ1) is 13.1. The maximum atomic E-state index is 13.3. The molecule has 1 aliphatic rings. The average Bonchev–Trinajstić information content (AvgIpc) is 2.72. The third-order valence-electron chi connectivity index (χ3n) is 4.69. The fourth-order valence-electron chi connectivity index (χ4n) is 2.55. The number of unbranched alkanes of at least 4 members (excludes halogenated alkanes) is 2. The van der Waals surface area contributed by atoms with E-state index in [1.54, 1.807) is 13.8 Å². The van der Waals surface area contributed by atoms with E-state index in [4.69, 9.17) is 0 Å². The molecule has 1 rings (SSSR count). The van der Waals surface area contributed by atoms with Crippen LogP contribution in [0.1, 0.15) is 102 Å². The zero-order valence-electron chi connectivity index (χ0n) is 21.0. The van der Waals surface area contributed by atoms with E-state index in [-0.39, 0.29) is 23.4 Å². The predicted molar refractivity (Wildman–Crippen MR) is 133 cm³/mol. The highest BCUT2D eigenvalue weighted by atomic mass is 31.0. The van der Waals surface area contributed by atoms with Crippen molar-refractivity contribution in [3.05, 3.63) is 24.3 Å². The van der Waals surface area contributed by atoms with Crippen LogP contribution in [0.2, 0.25) is 0 Å². The SMILES string of the molecule is C=CCCC.CC.CC.CC1C(C)C(P)C(C)C(F)C1F.CCCC=C(C)C. The van der Waals surface area contributed by atoms with Crippen LogP contribution in [0.15, 0.2) is 24.3 Å². The van der Waals surface area contributed by atoms with Crippen molar-refractivity contribution in [1.82, 2.24) is 0 Å². The topological polar surface area (TPSA) is 0 Å². The highest BCUT2D eigenvalue weighted by Crippen LogP contribution is 2.41. The Bertz CT molecular complexity index is 279. The minimum absolute atomic E-state index is 0.154. The maximum absolute atomic E-state index is 13.3. The zero-order chi connectivity index (χ0) is 23.3. The van der Waals surface area contributed by atoms with Crippen LogP contribution >= 0.6 is 9.24 Å². The Morgan fingerprint density at radius 1 is 0.821 bits per heavy atom. The summed E-state index contributed by atoms with van der Waals surface area (Å²) < 4.78 is 26.5. The third kappa shape index (κ3) is 17.8. The maximum Gasteiger partial charge on any atom is 0.135 e. The van der Waals surface area contributed by atoms with Crippen LogP contribution in [0.25, 0.3) is 0 Å². The van der Waals surface area contributed by atoms with Gasteiger partial charge in [-0.05, 0) is 50.1 Å². The van der Waals surface area contributed by atoms with Gasteiger partial charge >= 0.3 is 0 Å². The largest absolute Gasteiger partial charge is 0.244 e. The fourth-order valence-corrected chi connectivity index (χ4v) is 3.11. The van der Waals surface area contributed by atoms with Gasteiger partial charge in [-0.15, -0.1) is 15.8 Å². The highest BCUT2D eigenvalue weighted by molar-refractivity contribution is 7.17. The van der Waals surface area contributed by atoms with Gasteiger partial charge in [0.15, 0.2) is 0 Å². The van der Waals surface area contributed by atoms with Gasteiger partial charge in [0, 0.05) is 0 Å². The molecule has 172 valence electrons. The Hall–Kier alpha value is -0.230. The van der Waals surface area contributed by atoms with E-state index in [1.807, 2.05) is 40.7 Å². The van der Waals surface area contributed by atoms with E-state index >= 15 is 0 Å². The van der Waals surface area contributed by atoms with Crippen molar-refractivity contribution in [3.8, 4) is 0 Å². The summed E-state index contributed by atoms with van der Waals surface area (Å²) in [4.78, 5) is 0. The molecule has 1 saturated carbocycles. The first kappa shape index (κ1) is 35.2. The summed E-state index contributed by atoms with van der Waals surface area (Å²) in [6.45, 7) is 25.7. The number of halogens is 2. The molecule has 28 heavy (non-hydrogen) atoms. The Balaban J connectivity index is -0.000000154. The van der Waals surface area contributed by atoms with Crippen LogP contribution in [0.5, 0.6) is 0 Å². The molecule has 0 aromatic rings. The second-order valence-corrected chi connectivity index (χ2v) is 7.96. The molecular formula is C25H53F2P. The van der Waals surface area contributed by atoms with E-state index in [2.05, 4.69) is 49.6 Å². The summed E-state index contributed by atoms with van der Waals surface area (Å²) in [5.74, 6) is -0.0677. The van der Waals surface area contributed by atoms with Gasteiger partial charge in [0.2, 0.25) is 0 Å². The van der Waals surface area contributed by atoms with Gasteiger partial charge in [-0.25, -0.2) is 8.78 Å². The van der Waals surface area contributed by atoms with Gasteiger partial charge in [0.05, 0.1) is 0 Å². The zero-order valence-corrected chi connectivity index (χ0v) is 22.1. The minimum atomic E-state index is -1.28. The third-order valence-corrected chi connectivity index (χ3v) is 5.90. The van der Waals surface area contributed by atoms with Crippen LogP contribution in [0.4, 0.5) is 8.78 Å². The molecular weight excluding hydrogens is 369 g/mol. The fraction of sp³-hybridized carbons (Fsp3) is 0.840. The highest BCUT2D eigenvalue weighted by Gasteiger charge is 2.44. The van der Waals surface area contributed by atoms with E-state index in [0.29, 0.717) is 0 Å². The molecule has 0 saturated heterocycles. The number of allylic oxidation sites excluding steroid dienone is 3. The normalized spacial score (nSPS) is 27.6. The molecule has 0 nitrogen and oxygen atoms in total. The summed E-state index contributed by atoms with van der Waals surface area (Å²) in [6.07, 6.45) is 6.53. The quantitative estimate of drug-likeness (QED) is 0.312. The molecule has 0 spiro atoms. The molecule has 1 aliphatic carbocycles. The first-order valence-electron chi connectivity index (χ1n) is 11.4. The van der Waals surface area contributed by atoms with Crippen LogP contribution in [-0.4, -0.2) is 18.0 Å². The van der Waals surface area contributed by atoms with Crippen molar-refractivity contribution in [3.63, 3.8) is 0 Å². The lowest BCUT2D eigenvalue weighted by atomic mass is 9.74. The van der Waals surface area contributed by atoms with Crippen molar-refractivity contribution in [2.75, 3.05) is 0 Å². The second kappa shape index (κ2) is 24.8. The van der Waals surface area contributed by atoms with E-state index in [0.717, 1.165) is 6.42 Å². The van der Waals surface area contributed by atoms with Crippen LogP contribution in [-0.2, 0) is 0 Å². The Morgan fingerprint density at radius 3 is 1.46 bits per heavy atom. The molecule has 1 fully saturated rings. The van der Waals surface area contributed by atoms with Gasteiger partial charge in [0.25, 0.3) is 0 Å². The number of hydrogen-bond acceptors (Lipinski definition) is 0. The summed E-state index contributed by atoms with van der Waals surface area (Å²) in [5.41, 5.74) is 1.64. The first-order valence-corrected chi connectivity index (χ1v) is 12.1. The molecule has 0 bridgehead atoms. The molecule has 0 amide bonds. The van der Waals surface area contributed by atoms with Gasteiger partial charge in [-0.1, -0.05) is 92.9 Å². The summed E-state index contributed by atoms with van der Waals surface area (Å²) >= 11 is 0. The second-order valence-electron chi connectivity index (χ2n) is 7.19. The van der Waals surface area contributed by atoms with Gasteiger partial charge in [0.1, 0.15) is 12.3 Å². The minimum Gasteiger partial charge on any atom is -0.244 e. The summed E-state index contributed by atoms with van der Waals surface area (Å²) in [7, 11) is 2.64. The molecule has 0 N–H and O–H groups in total. The average molecular weight is 423 g/mol. The smallest absolute Gasteiger partial charge is 0.135 e. The lowest BCUT2D eigenvalue weighted by molar-refractivity contribution is 0.0113. The Kier molecular flexibility index (Phi) is 31.2. The van der Waals surface area contributed by atoms with Crippen LogP contribution < -0.4 is 0 Å².